The second kappa shape index (κ2) is 11.8. The quantitative estimate of drug-likeness (QED) is 0.249. The molecule has 0 radical (unpaired) electrons. The fourth-order valence-electron chi connectivity index (χ4n) is 3.10. The van der Waals surface area contributed by atoms with Crippen LogP contribution in [0.15, 0.2) is 35.9 Å². The molecule has 1 aliphatic rings. The van der Waals surface area contributed by atoms with Gasteiger partial charge in [-0.15, -0.1) is 0 Å². The lowest BCUT2D eigenvalue weighted by Gasteiger charge is -2.26. The fraction of sp³-hybridized carbons (Fsp3) is 0.304. The van der Waals surface area contributed by atoms with Crippen LogP contribution < -0.4 is 9.47 Å². The summed E-state index contributed by atoms with van der Waals surface area (Å²) in [5, 5.41) is 10.5. The average molecular weight is 587 g/mol. The van der Waals surface area contributed by atoms with Crippen molar-refractivity contribution in [2.75, 3.05) is 32.9 Å². The SMILES string of the molecule is CCOc1cc(/C=C(/C#N)C(=O)N2CCOCC2)cc(I)c1OCc1ccc(Cl)c(Cl)c1. The smallest absolute Gasteiger partial charge is 0.264 e. The van der Waals surface area contributed by atoms with E-state index in [0.29, 0.717) is 60.0 Å². The number of carbonyl (C=O) groups is 1. The monoisotopic (exact) mass is 586 g/mol. The highest BCUT2D eigenvalue weighted by atomic mass is 127. The second-order valence-corrected chi connectivity index (χ2v) is 8.85. The van der Waals surface area contributed by atoms with Crippen LogP contribution in [-0.4, -0.2) is 43.7 Å². The summed E-state index contributed by atoms with van der Waals surface area (Å²) in [4.78, 5) is 14.3. The Balaban J connectivity index is 1.85. The maximum Gasteiger partial charge on any atom is 0.264 e. The predicted octanol–water partition coefficient (Wildman–Crippen LogP) is 5.34. The number of hydrogen-bond donors (Lipinski definition) is 0. The van der Waals surface area contributed by atoms with Gasteiger partial charge >= 0.3 is 0 Å². The fourth-order valence-corrected chi connectivity index (χ4v) is 4.21. The van der Waals surface area contributed by atoms with Gasteiger partial charge in [0, 0.05) is 13.1 Å². The van der Waals surface area contributed by atoms with E-state index in [1.807, 2.05) is 25.1 Å². The van der Waals surface area contributed by atoms with Crippen LogP contribution >= 0.6 is 45.8 Å². The predicted molar refractivity (Wildman–Crippen MR) is 132 cm³/mol. The number of nitriles is 1. The Kier molecular flexibility index (Phi) is 9.05. The van der Waals surface area contributed by atoms with Crippen LogP contribution in [0.5, 0.6) is 11.5 Å². The summed E-state index contributed by atoms with van der Waals surface area (Å²) in [6.45, 7) is 4.48. The van der Waals surface area contributed by atoms with Gasteiger partial charge in [-0.1, -0.05) is 29.3 Å². The van der Waals surface area contributed by atoms with Gasteiger partial charge < -0.3 is 19.1 Å². The normalized spacial score (nSPS) is 14.1. The molecule has 1 saturated heterocycles. The Morgan fingerprint density at radius 1 is 1.22 bits per heavy atom. The van der Waals surface area contributed by atoms with Crippen LogP contribution in [0.4, 0.5) is 0 Å². The zero-order valence-electron chi connectivity index (χ0n) is 17.4. The van der Waals surface area contributed by atoms with Crippen LogP contribution in [0, 0.1) is 14.9 Å². The number of carbonyl (C=O) groups excluding carboxylic acids is 1. The number of hydrogen-bond acceptors (Lipinski definition) is 5. The molecule has 6 nitrogen and oxygen atoms in total. The molecule has 0 aromatic heterocycles. The maximum absolute atomic E-state index is 12.7. The molecule has 32 heavy (non-hydrogen) atoms. The number of nitrogens with zero attached hydrogens (tertiary/aromatic N) is 2. The molecule has 9 heteroatoms. The molecule has 0 atom stereocenters. The van der Waals surface area contributed by atoms with Crippen molar-refractivity contribution in [3.63, 3.8) is 0 Å². The summed E-state index contributed by atoms with van der Waals surface area (Å²) >= 11 is 14.2. The van der Waals surface area contributed by atoms with Gasteiger partial charge in [0.2, 0.25) is 0 Å². The minimum absolute atomic E-state index is 0.0645. The molecule has 1 aliphatic heterocycles. The molecule has 1 fully saturated rings. The highest BCUT2D eigenvalue weighted by Gasteiger charge is 2.21. The van der Waals surface area contributed by atoms with E-state index >= 15 is 0 Å². The third-order valence-electron chi connectivity index (χ3n) is 4.66. The standard InChI is InChI=1S/C23H21Cl2IN2O4/c1-2-31-21-12-16(9-17(13-27)23(29)28-5-7-30-8-6-28)11-20(26)22(21)32-14-15-3-4-18(24)19(25)10-15/h3-4,9-12H,2,5-8,14H2,1H3/b17-9-. The van der Waals surface area contributed by atoms with Gasteiger partial charge in [-0.05, 0) is 71.0 Å². The van der Waals surface area contributed by atoms with Crippen molar-refractivity contribution in [3.05, 3.63) is 60.6 Å². The molecule has 168 valence electrons. The number of morpholine rings is 1. The Morgan fingerprint density at radius 2 is 1.97 bits per heavy atom. The third-order valence-corrected chi connectivity index (χ3v) is 6.20. The molecular formula is C23H21Cl2IN2O4. The summed E-state index contributed by atoms with van der Waals surface area (Å²) in [7, 11) is 0. The van der Waals surface area contributed by atoms with Crippen LogP contribution in [0.2, 0.25) is 10.0 Å². The van der Waals surface area contributed by atoms with Gasteiger partial charge in [0.15, 0.2) is 11.5 Å². The Labute approximate surface area is 210 Å². The summed E-state index contributed by atoms with van der Waals surface area (Å²) < 4.78 is 17.9. The molecule has 0 unspecified atom stereocenters. The van der Waals surface area contributed by atoms with Crippen molar-refractivity contribution >= 4 is 57.8 Å². The van der Waals surface area contributed by atoms with E-state index in [1.165, 1.54) is 0 Å². The molecule has 0 N–H and O–H groups in total. The van der Waals surface area contributed by atoms with E-state index in [2.05, 4.69) is 22.6 Å². The Bertz CT molecular complexity index is 1060. The zero-order chi connectivity index (χ0) is 23.1. The molecule has 2 aromatic carbocycles. The highest BCUT2D eigenvalue weighted by molar-refractivity contribution is 14.1. The number of halogens is 3. The number of amides is 1. The molecule has 0 aliphatic carbocycles. The lowest BCUT2D eigenvalue weighted by Crippen LogP contribution is -2.41. The minimum atomic E-state index is -0.302. The zero-order valence-corrected chi connectivity index (χ0v) is 21.0. The van der Waals surface area contributed by atoms with Gasteiger partial charge in [0.05, 0.1) is 33.4 Å². The Morgan fingerprint density at radius 3 is 2.62 bits per heavy atom. The van der Waals surface area contributed by atoms with Gasteiger partial charge in [0.25, 0.3) is 5.91 Å². The Hall–Kier alpha value is -1.99. The summed E-state index contributed by atoms with van der Waals surface area (Å²) in [6.07, 6.45) is 1.57. The molecule has 0 spiro atoms. The molecule has 0 saturated carbocycles. The summed E-state index contributed by atoms with van der Waals surface area (Å²) in [5.74, 6) is 0.805. The van der Waals surface area contributed by atoms with E-state index in [0.717, 1.165) is 9.13 Å². The minimum Gasteiger partial charge on any atom is -0.490 e. The van der Waals surface area contributed by atoms with Crippen molar-refractivity contribution in [3.8, 4) is 17.6 Å². The highest BCUT2D eigenvalue weighted by Crippen LogP contribution is 2.36. The van der Waals surface area contributed by atoms with Crippen molar-refractivity contribution < 1.29 is 19.0 Å². The summed E-state index contributed by atoms with van der Waals surface area (Å²) in [6, 6.07) is 10.9. The molecule has 2 aromatic rings. The molecule has 1 heterocycles. The topological polar surface area (TPSA) is 71.8 Å². The number of rotatable bonds is 7. The number of ether oxygens (including phenoxy) is 3. The van der Waals surface area contributed by atoms with E-state index in [9.17, 15) is 10.1 Å². The molecule has 0 bridgehead atoms. The third kappa shape index (κ3) is 6.29. The van der Waals surface area contributed by atoms with E-state index in [4.69, 9.17) is 37.4 Å². The first-order valence-corrected chi connectivity index (χ1v) is 11.8. The lowest BCUT2D eigenvalue weighted by molar-refractivity contribution is -0.130. The molecular weight excluding hydrogens is 566 g/mol. The summed E-state index contributed by atoms with van der Waals surface area (Å²) in [5.41, 5.74) is 1.61. The van der Waals surface area contributed by atoms with Gasteiger partial charge in [-0.25, -0.2) is 0 Å². The lowest BCUT2D eigenvalue weighted by atomic mass is 10.1. The van der Waals surface area contributed by atoms with Crippen molar-refractivity contribution in [2.24, 2.45) is 0 Å². The van der Waals surface area contributed by atoms with Gasteiger partial charge in [-0.3, -0.25) is 4.79 Å². The first kappa shape index (κ1) is 24.6. The van der Waals surface area contributed by atoms with Crippen molar-refractivity contribution in [2.45, 2.75) is 13.5 Å². The average Bonchev–Trinajstić information content (AvgIpc) is 2.79. The largest absolute Gasteiger partial charge is 0.490 e. The van der Waals surface area contributed by atoms with Crippen LogP contribution in [0.25, 0.3) is 6.08 Å². The van der Waals surface area contributed by atoms with Crippen molar-refractivity contribution in [1.82, 2.24) is 4.90 Å². The van der Waals surface area contributed by atoms with Gasteiger partial charge in [-0.2, -0.15) is 5.26 Å². The maximum atomic E-state index is 12.7. The van der Waals surface area contributed by atoms with Crippen LogP contribution in [-0.2, 0) is 16.1 Å². The van der Waals surface area contributed by atoms with E-state index < -0.39 is 0 Å². The number of benzene rings is 2. The van der Waals surface area contributed by atoms with E-state index in [-0.39, 0.29) is 18.1 Å². The molecule has 1 amide bonds. The van der Waals surface area contributed by atoms with E-state index in [1.54, 1.807) is 29.2 Å². The second-order valence-electron chi connectivity index (χ2n) is 6.87. The molecule has 3 rings (SSSR count). The van der Waals surface area contributed by atoms with Crippen LogP contribution in [0.1, 0.15) is 18.1 Å². The first-order chi connectivity index (χ1) is 15.4. The first-order valence-electron chi connectivity index (χ1n) is 9.94. The van der Waals surface area contributed by atoms with Crippen molar-refractivity contribution in [1.29, 1.82) is 5.26 Å². The van der Waals surface area contributed by atoms with Gasteiger partial charge in [0.1, 0.15) is 18.2 Å². The van der Waals surface area contributed by atoms with Crippen LogP contribution in [0.3, 0.4) is 0 Å².